The Balaban J connectivity index is 1.89. The summed E-state index contributed by atoms with van der Waals surface area (Å²) >= 11 is 0. The molecule has 1 atom stereocenters. The van der Waals surface area contributed by atoms with E-state index in [4.69, 9.17) is 0 Å². The summed E-state index contributed by atoms with van der Waals surface area (Å²) in [5.74, 6) is -0.000338. The lowest BCUT2D eigenvalue weighted by Gasteiger charge is -2.35. The van der Waals surface area contributed by atoms with Gasteiger partial charge in [-0.15, -0.1) is 0 Å². The zero-order valence-corrected chi connectivity index (χ0v) is 15.3. The fraction of sp³-hybridized carbons (Fsp3) is 0.579. The minimum Gasteiger partial charge on any atom is -0.344 e. The van der Waals surface area contributed by atoms with Crippen molar-refractivity contribution < 1.29 is 14.5 Å². The molecule has 1 aliphatic heterocycles. The molecule has 1 fully saturated rings. The van der Waals surface area contributed by atoms with Gasteiger partial charge in [-0.25, -0.2) is 0 Å². The molecule has 24 heavy (non-hydrogen) atoms. The number of nitrogens with one attached hydrogen (secondary N) is 2. The van der Waals surface area contributed by atoms with Crippen molar-refractivity contribution in [2.45, 2.75) is 40.3 Å². The van der Waals surface area contributed by atoms with Crippen LogP contribution in [0.5, 0.6) is 0 Å². The van der Waals surface area contributed by atoms with E-state index < -0.39 is 6.04 Å². The van der Waals surface area contributed by atoms with E-state index in [1.807, 2.05) is 18.7 Å². The number of piperazine rings is 1. The van der Waals surface area contributed by atoms with Crippen molar-refractivity contribution in [1.82, 2.24) is 10.2 Å². The first-order valence-corrected chi connectivity index (χ1v) is 8.82. The van der Waals surface area contributed by atoms with Crippen LogP contribution in [0.25, 0.3) is 0 Å². The molecular weight excluding hydrogens is 302 g/mol. The third-order valence-corrected chi connectivity index (χ3v) is 4.61. The Morgan fingerprint density at radius 3 is 2.46 bits per heavy atom. The fourth-order valence-corrected chi connectivity index (χ4v) is 3.26. The minimum atomic E-state index is -0.416. The fourth-order valence-electron chi connectivity index (χ4n) is 3.26. The molecular formula is C19H30N3O2+. The van der Waals surface area contributed by atoms with Crippen molar-refractivity contribution in [3.63, 3.8) is 0 Å². The summed E-state index contributed by atoms with van der Waals surface area (Å²) in [6.45, 7) is 11.9. The number of hydrogen-bond donors (Lipinski definition) is 2. The van der Waals surface area contributed by atoms with Crippen LogP contribution in [-0.4, -0.2) is 48.9 Å². The van der Waals surface area contributed by atoms with Gasteiger partial charge in [0.15, 0.2) is 0 Å². The Kier molecular flexibility index (Phi) is 6.37. The van der Waals surface area contributed by atoms with Crippen molar-refractivity contribution in [2.75, 3.05) is 26.2 Å². The Bertz CT molecular complexity index is 578. The van der Waals surface area contributed by atoms with Crippen LogP contribution in [0.3, 0.4) is 0 Å². The SMILES string of the molecule is CC(=O)N[C@H](C(=O)N1CC[NH+](Cc2cccc(C)c2)CC1)C(C)C. The predicted octanol–water partition coefficient (Wildman–Crippen LogP) is 0.383. The molecule has 2 N–H and O–H groups in total. The van der Waals surface area contributed by atoms with Crippen molar-refractivity contribution in [1.29, 1.82) is 0 Å². The number of quaternary nitrogens is 1. The molecule has 1 saturated heterocycles. The summed E-state index contributed by atoms with van der Waals surface area (Å²) < 4.78 is 0. The van der Waals surface area contributed by atoms with E-state index in [9.17, 15) is 9.59 Å². The highest BCUT2D eigenvalue weighted by atomic mass is 16.2. The molecule has 1 aromatic carbocycles. The van der Waals surface area contributed by atoms with Crippen LogP contribution < -0.4 is 10.2 Å². The average Bonchev–Trinajstić information content (AvgIpc) is 2.52. The van der Waals surface area contributed by atoms with E-state index in [0.717, 1.165) is 32.7 Å². The molecule has 5 nitrogen and oxygen atoms in total. The normalized spacial score (nSPS) is 17.0. The van der Waals surface area contributed by atoms with E-state index in [2.05, 4.69) is 36.5 Å². The van der Waals surface area contributed by atoms with E-state index >= 15 is 0 Å². The van der Waals surface area contributed by atoms with Gasteiger partial charge in [0.1, 0.15) is 12.6 Å². The number of hydrogen-bond acceptors (Lipinski definition) is 2. The van der Waals surface area contributed by atoms with Gasteiger partial charge in [-0.2, -0.15) is 0 Å². The predicted molar refractivity (Wildman–Crippen MR) is 94.6 cm³/mol. The molecule has 0 saturated carbocycles. The Labute approximate surface area is 145 Å². The molecule has 0 spiro atoms. The molecule has 2 amide bonds. The van der Waals surface area contributed by atoms with Gasteiger partial charge in [-0.1, -0.05) is 43.7 Å². The summed E-state index contributed by atoms with van der Waals surface area (Å²) in [6.07, 6.45) is 0. The third-order valence-electron chi connectivity index (χ3n) is 4.61. The molecule has 5 heteroatoms. The number of rotatable bonds is 5. The second-order valence-corrected chi connectivity index (χ2v) is 7.16. The highest BCUT2D eigenvalue weighted by molar-refractivity contribution is 5.87. The van der Waals surface area contributed by atoms with Gasteiger partial charge in [0, 0.05) is 12.5 Å². The Hall–Kier alpha value is -1.88. The number of amides is 2. The van der Waals surface area contributed by atoms with Crippen molar-refractivity contribution in [2.24, 2.45) is 5.92 Å². The standard InChI is InChI=1S/C19H29N3O2/c1-14(2)18(20-16(4)23)19(24)22-10-8-21(9-11-22)13-17-7-5-6-15(3)12-17/h5-7,12,14,18H,8-11,13H2,1-4H3,(H,20,23)/p+1/t18-/m0/s1. The molecule has 1 aliphatic rings. The molecule has 0 bridgehead atoms. The van der Waals surface area contributed by atoms with Crippen molar-refractivity contribution in [3.05, 3.63) is 35.4 Å². The van der Waals surface area contributed by atoms with Gasteiger partial charge >= 0.3 is 0 Å². The van der Waals surface area contributed by atoms with Gasteiger partial charge in [0.2, 0.25) is 11.8 Å². The van der Waals surface area contributed by atoms with Crippen LogP contribution >= 0.6 is 0 Å². The molecule has 0 radical (unpaired) electrons. The van der Waals surface area contributed by atoms with Crippen LogP contribution in [0.15, 0.2) is 24.3 Å². The van der Waals surface area contributed by atoms with Gasteiger partial charge in [-0.3, -0.25) is 9.59 Å². The van der Waals surface area contributed by atoms with Crippen LogP contribution in [0.4, 0.5) is 0 Å². The van der Waals surface area contributed by atoms with Gasteiger partial charge in [0.25, 0.3) is 0 Å². The average molecular weight is 332 g/mol. The van der Waals surface area contributed by atoms with E-state index in [1.165, 1.54) is 23.0 Å². The van der Waals surface area contributed by atoms with Gasteiger partial charge in [0.05, 0.1) is 26.2 Å². The summed E-state index contributed by atoms with van der Waals surface area (Å²) in [4.78, 5) is 27.4. The molecule has 2 rings (SSSR count). The molecule has 0 aliphatic carbocycles. The maximum absolute atomic E-state index is 12.7. The highest BCUT2D eigenvalue weighted by Crippen LogP contribution is 2.07. The summed E-state index contributed by atoms with van der Waals surface area (Å²) in [7, 11) is 0. The van der Waals surface area contributed by atoms with Crippen LogP contribution in [0, 0.1) is 12.8 Å². The molecule has 1 aromatic rings. The minimum absolute atomic E-state index is 0.0507. The zero-order chi connectivity index (χ0) is 17.7. The zero-order valence-electron chi connectivity index (χ0n) is 15.3. The van der Waals surface area contributed by atoms with Crippen molar-refractivity contribution >= 4 is 11.8 Å². The first-order valence-electron chi connectivity index (χ1n) is 8.82. The lowest BCUT2D eigenvalue weighted by molar-refractivity contribution is -0.917. The monoisotopic (exact) mass is 332 g/mol. The Morgan fingerprint density at radius 1 is 1.25 bits per heavy atom. The maximum Gasteiger partial charge on any atom is 0.245 e. The van der Waals surface area contributed by atoms with Gasteiger partial charge in [-0.05, 0) is 12.8 Å². The van der Waals surface area contributed by atoms with Crippen LogP contribution in [0.2, 0.25) is 0 Å². The first kappa shape index (κ1) is 18.5. The molecule has 0 unspecified atom stereocenters. The lowest BCUT2D eigenvalue weighted by atomic mass is 10.0. The van der Waals surface area contributed by atoms with E-state index in [-0.39, 0.29) is 17.7 Å². The molecule has 1 heterocycles. The number of aryl methyl sites for hydroxylation is 1. The second kappa shape index (κ2) is 8.29. The van der Waals surface area contributed by atoms with Crippen molar-refractivity contribution in [3.8, 4) is 0 Å². The largest absolute Gasteiger partial charge is 0.344 e. The number of carbonyl (C=O) groups is 2. The highest BCUT2D eigenvalue weighted by Gasteiger charge is 2.31. The smallest absolute Gasteiger partial charge is 0.245 e. The van der Waals surface area contributed by atoms with E-state index in [1.54, 1.807) is 0 Å². The first-order chi connectivity index (χ1) is 11.4. The summed E-state index contributed by atoms with van der Waals surface area (Å²) in [6, 6.07) is 8.20. The van der Waals surface area contributed by atoms with Crippen LogP contribution in [0.1, 0.15) is 31.9 Å². The quantitative estimate of drug-likeness (QED) is 0.819. The second-order valence-electron chi connectivity index (χ2n) is 7.16. The summed E-state index contributed by atoms with van der Waals surface area (Å²) in [5, 5.41) is 2.80. The van der Waals surface area contributed by atoms with E-state index in [0.29, 0.717) is 0 Å². The summed E-state index contributed by atoms with van der Waals surface area (Å²) in [5.41, 5.74) is 2.64. The Morgan fingerprint density at radius 2 is 1.92 bits per heavy atom. The maximum atomic E-state index is 12.7. The lowest BCUT2D eigenvalue weighted by Crippen LogP contribution is -3.13. The van der Waals surface area contributed by atoms with Gasteiger partial charge < -0.3 is 15.1 Å². The third kappa shape index (κ3) is 5.06. The topological polar surface area (TPSA) is 53.9 Å². The molecule has 132 valence electrons. The molecule has 0 aromatic heterocycles. The number of carbonyl (C=O) groups excluding carboxylic acids is 2. The van der Waals surface area contributed by atoms with Crippen LogP contribution in [-0.2, 0) is 16.1 Å². The number of nitrogens with zero attached hydrogens (tertiary/aromatic N) is 1. The number of benzene rings is 1.